The molecule has 4 nitrogen and oxygen atoms in total. The molecule has 1 amide bonds. The minimum absolute atomic E-state index is 0.177. The molecule has 1 fully saturated rings. The van der Waals surface area contributed by atoms with Gasteiger partial charge in [-0.3, -0.25) is 4.79 Å². The number of nitrogens with zero attached hydrogens (tertiary/aromatic N) is 1. The molecule has 2 N–H and O–H groups in total. The van der Waals surface area contributed by atoms with Gasteiger partial charge in [0.15, 0.2) is 0 Å². The van der Waals surface area contributed by atoms with Gasteiger partial charge in [0.25, 0.3) is 5.91 Å². The fourth-order valence-electron chi connectivity index (χ4n) is 3.28. The second-order valence-electron chi connectivity index (χ2n) is 6.07. The quantitative estimate of drug-likeness (QED) is 0.871. The van der Waals surface area contributed by atoms with E-state index in [9.17, 15) is 4.79 Å². The van der Waals surface area contributed by atoms with E-state index in [4.69, 9.17) is 0 Å². The Kier molecular flexibility index (Phi) is 3.55. The predicted octanol–water partition coefficient (Wildman–Crippen LogP) is 2.78. The van der Waals surface area contributed by atoms with E-state index < -0.39 is 0 Å². The first-order valence-electron chi connectivity index (χ1n) is 7.59. The maximum Gasteiger partial charge on any atom is 0.254 e. The summed E-state index contributed by atoms with van der Waals surface area (Å²) in [4.78, 5) is 14.8. The molecule has 1 unspecified atom stereocenters. The maximum atomic E-state index is 12.7. The number of rotatable bonds is 2. The van der Waals surface area contributed by atoms with Gasteiger partial charge in [0.2, 0.25) is 0 Å². The van der Waals surface area contributed by atoms with Crippen LogP contribution in [0.4, 0.5) is 11.4 Å². The van der Waals surface area contributed by atoms with Gasteiger partial charge in [-0.25, -0.2) is 0 Å². The Balaban J connectivity index is 1.83. The van der Waals surface area contributed by atoms with Crippen molar-refractivity contribution in [2.24, 2.45) is 5.92 Å². The molecule has 0 aliphatic carbocycles. The molecule has 108 valence electrons. The Morgan fingerprint density at radius 2 is 2.00 bits per heavy atom. The molecule has 0 radical (unpaired) electrons. The molecule has 0 aromatic heterocycles. The highest BCUT2D eigenvalue weighted by Crippen LogP contribution is 2.29. The second-order valence-corrected chi connectivity index (χ2v) is 6.07. The van der Waals surface area contributed by atoms with Crippen LogP contribution in [0.1, 0.15) is 37.0 Å². The van der Waals surface area contributed by atoms with Crippen LogP contribution in [-0.4, -0.2) is 36.5 Å². The zero-order chi connectivity index (χ0) is 14.1. The number of carbonyl (C=O) groups excluding carboxylic acids is 1. The van der Waals surface area contributed by atoms with Gasteiger partial charge in [-0.1, -0.05) is 13.8 Å². The third-order valence-corrected chi connectivity index (χ3v) is 4.35. The molecule has 4 heteroatoms. The van der Waals surface area contributed by atoms with E-state index in [0.29, 0.717) is 12.0 Å². The average molecular weight is 273 g/mol. The van der Waals surface area contributed by atoms with E-state index >= 15 is 0 Å². The van der Waals surface area contributed by atoms with Crippen molar-refractivity contribution >= 4 is 17.3 Å². The van der Waals surface area contributed by atoms with Crippen molar-refractivity contribution in [2.75, 3.05) is 30.3 Å². The zero-order valence-corrected chi connectivity index (χ0v) is 12.3. The summed E-state index contributed by atoms with van der Waals surface area (Å²) in [5.41, 5.74) is 2.93. The molecule has 2 heterocycles. The summed E-state index contributed by atoms with van der Waals surface area (Å²) in [6, 6.07) is 6.33. The topological polar surface area (TPSA) is 44.4 Å². The summed E-state index contributed by atoms with van der Waals surface area (Å²) >= 11 is 0. The molecule has 1 aromatic carbocycles. The van der Waals surface area contributed by atoms with Gasteiger partial charge in [-0.05, 0) is 37.0 Å². The maximum absolute atomic E-state index is 12.7. The molecular weight excluding hydrogens is 250 g/mol. The lowest BCUT2D eigenvalue weighted by molar-refractivity contribution is 0.0701. The van der Waals surface area contributed by atoms with Crippen LogP contribution in [0.5, 0.6) is 0 Å². The van der Waals surface area contributed by atoms with Crippen molar-refractivity contribution in [2.45, 2.75) is 32.7 Å². The first-order chi connectivity index (χ1) is 9.66. The molecule has 3 rings (SSSR count). The van der Waals surface area contributed by atoms with E-state index in [-0.39, 0.29) is 5.91 Å². The molecule has 20 heavy (non-hydrogen) atoms. The van der Waals surface area contributed by atoms with E-state index in [1.54, 1.807) is 0 Å². The van der Waals surface area contributed by atoms with Crippen LogP contribution in [0.3, 0.4) is 0 Å². The summed E-state index contributed by atoms with van der Waals surface area (Å²) in [6.45, 7) is 7.14. The van der Waals surface area contributed by atoms with Crippen molar-refractivity contribution in [3.63, 3.8) is 0 Å². The molecule has 0 bridgehead atoms. The third kappa shape index (κ3) is 2.35. The van der Waals surface area contributed by atoms with Crippen LogP contribution in [-0.2, 0) is 0 Å². The van der Waals surface area contributed by atoms with Crippen molar-refractivity contribution in [1.29, 1.82) is 0 Å². The van der Waals surface area contributed by atoms with Gasteiger partial charge >= 0.3 is 0 Å². The standard InChI is InChI=1S/C16H23N3O/c1-11(2)15-4-3-9-19(15)16(20)12-5-6-13-14(10-12)18-8-7-17-13/h5-6,10-11,15,17-18H,3-4,7-9H2,1-2H3. The Labute approximate surface area is 120 Å². The van der Waals surface area contributed by atoms with Gasteiger partial charge in [0, 0.05) is 31.2 Å². The predicted molar refractivity (Wildman–Crippen MR) is 82.3 cm³/mol. The highest BCUT2D eigenvalue weighted by molar-refractivity contribution is 5.96. The summed E-state index contributed by atoms with van der Waals surface area (Å²) in [7, 11) is 0. The normalized spacial score (nSPS) is 21.4. The summed E-state index contributed by atoms with van der Waals surface area (Å²) in [5.74, 6) is 0.704. The molecule has 2 aliphatic heterocycles. The molecule has 0 saturated carbocycles. The number of benzene rings is 1. The molecule has 2 aliphatic rings. The molecular formula is C16H23N3O. The minimum atomic E-state index is 0.177. The number of amides is 1. The first-order valence-corrected chi connectivity index (χ1v) is 7.59. The smallest absolute Gasteiger partial charge is 0.254 e. The molecule has 1 aromatic rings. The number of anilines is 2. The Morgan fingerprint density at radius 1 is 1.25 bits per heavy atom. The SMILES string of the molecule is CC(C)C1CCCN1C(=O)c1ccc2c(c1)NCCN2. The Hall–Kier alpha value is -1.71. The van der Waals surface area contributed by atoms with Crippen LogP contribution in [0.25, 0.3) is 0 Å². The first kappa shape index (κ1) is 13.3. The fourth-order valence-corrected chi connectivity index (χ4v) is 3.28. The number of hydrogen-bond donors (Lipinski definition) is 2. The zero-order valence-electron chi connectivity index (χ0n) is 12.3. The molecule has 1 saturated heterocycles. The fraction of sp³-hybridized carbons (Fsp3) is 0.562. The number of carbonyl (C=O) groups is 1. The number of fused-ring (bicyclic) bond motifs is 1. The highest BCUT2D eigenvalue weighted by Gasteiger charge is 2.31. The van der Waals surface area contributed by atoms with Crippen molar-refractivity contribution in [3.05, 3.63) is 23.8 Å². The van der Waals surface area contributed by atoms with E-state index in [2.05, 4.69) is 29.4 Å². The Morgan fingerprint density at radius 3 is 2.75 bits per heavy atom. The Bertz CT molecular complexity index is 512. The third-order valence-electron chi connectivity index (χ3n) is 4.35. The number of likely N-dealkylation sites (tertiary alicyclic amines) is 1. The van der Waals surface area contributed by atoms with Crippen LogP contribution in [0, 0.1) is 5.92 Å². The second kappa shape index (κ2) is 5.35. The lowest BCUT2D eigenvalue weighted by atomic mass is 10.0. The van der Waals surface area contributed by atoms with Crippen LogP contribution < -0.4 is 10.6 Å². The van der Waals surface area contributed by atoms with Crippen molar-refractivity contribution in [3.8, 4) is 0 Å². The molecule has 1 atom stereocenters. The van der Waals surface area contributed by atoms with Gasteiger partial charge in [-0.15, -0.1) is 0 Å². The van der Waals surface area contributed by atoms with E-state index in [1.165, 1.54) is 0 Å². The van der Waals surface area contributed by atoms with Gasteiger partial charge in [-0.2, -0.15) is 0 Å². The lowest BCUT2D eigenvalue weighted by Crippen LogP contribution is -2.38. The number of hydrogen-bond acceptors (Lipinski definition) is 3. The molecule has 0 spiro atoms. The van der Waals surface area contributed by atoms with Crippen LogP contribution in [0.2, 0.25) is 0 Å². The van der Waals surface area contributed by atoms with Crippen molar-refractivity contribution < 1.29 is 4.79 Å². The summed E-state index contributed by atoms with van der Waals surface area (Å²) < 4.78 is 0. The largest absolute Gasteiger partial charge is 0.382 e. The summed E-state index contributed by atoms with van der Waals surface area (Å²) in [5, 5.41) is 6.69. The van der Waals surface area contributed by atoms with Crippen LogP contribution >= 0.6 is 0 Å². The van der Waals surface area contributed by atoms with Gasteiger partial charge < -0.3 is 15.5 Å². The average Bonchev–Trinajstić information content (AvgIpc) is 2.95. The number of nitrogens with one attached hydrogen (secondary N) is 2. The van der Waals surface area contributed by atoms with Crippen LogP contribution in [0.15, 0.2) is 18.2 Å². The van der Waals surface area contributed by atoms with Gasteiger partial charge in [0.1, 0.15) is 0 Å². The lowest BCUT2D eigenvalue weighted by Gasteiger charge is -2.28. The monoisotopic (exact) mass is 273 g/mol. The van der Waals surface area contributed by atoms with E-state index in [0.717, 1.165) is 49.4 Å². The summed E-state index contributed by atoms with van der Waals surface area (Å²) in [6.07, 6.45) is 2.26. The highest BCUT2D eigenvalue weighted by atomic mass is 16.2. The van der Waals surface area contributed by atoms with Crippen molar-refractivity contribution in [1.82, 2.24) is 4.90 Å². The van der Waals surface area contributed by atoms with E-state index in [1.807, 2.05) is 18.2 Å². The van der Waals surface area contributed by atoms with Gasteiger partial charge in [0.05, 0.1) is 11.4 Å². The minimum Gasteiger partial charge on any atom is -0.382 e.